The van der Waals surface area contributed by atoms with Crippen molar-refractivity contribution >= 4 is 0 Å². The first kappa shape index (κ1) is 15.1. The van der Waals surface area contributed by atoms with Crippen LogP contribution in [0, 0.1) is 17.8 Å². The van der Waals surface area contributed by atoms with Gasteiger partial charge in [0, 0.05) is 11.5 Å². The Morgan fingerprint density at radius 1 is 0.609 bits per heavy atom. The van der Waals surface area contributed by atoms with E-state index in [1.807, 2.05) is 12.1 Å². The van der Waals surface area contributed by atoms with E-state index in [-0.39, 0.29) is 0 Å². The average Bonchev–Trinajstić information content (AvgIpc) is 2.61. The highest BCUT2D eigenvalue weighted by atomic mass is 14.1. The van der Waals surface area contributed by atoms with Crippen LogP contribution in [-0.4, -0.2) is 0 Å². The van der Waals surface area contributed by atoms with Gasteiger partial charge in [0.05, 0.1) is 0 Å². The summed E-state index contributed by atoms with van der Waals surface area (Å²) in [5.74, 6) is 7.11. The van der Waals surface area contributed by atoms with E-state index >= 15 is 0 Å². The van der Waals surface area contributed by atoms with Crippen LogP contribution in [0.3, 0.4) is 0 Å². The zero-order valence-electron chi connectivity index (χ0n) is 13.6. The molecule has 0 heteroatoms. The van der Waals surface area contributed by atoms with Crippen molar-refractivity contribution in [3.63, 3.8) is 0 Å². The maximum Gasteiger partial charge on any atom is 0.0402 e. The molecule has 3 aromatic rings. The summed E-state index contributed by atoms with van der Waals surface area (Å²) in [6, 6.07) is 27.4. The summed E-state index contributed by atoms with van der Waals surface area (Å²) in [5.41, 5.74) is 5.91. The van der Waals surface area contributed by atoms with E-state index in [1.165, 1.54) is 22.3 Å². The second-order valence-electron chi connectivity index (χ2n) is 5.88. The van der Waals surface area contributed by atoms with Crippen LogP contribution >= 0.6 is 0 Å². The lowest BCUT2D eigenvalue weighted by Gasteiger charge is -2.11. The topological polar surface area (TPSA) is 0 Å². The molecule has 0 saturated heterocycles. The summed E-state index contributed by atoms with van der Waals surface area (Å²) in [6.07, 6.45) is 0. The summed E-state index contributed by atoms with van der Waals surface area (Å²) in [7, 11) is 0. The molecule has 23 heavy (non-hydrogen) atoms. The summed E-state index contributed by atoms with van der Waals surface area (Å²) < 4.78 is 0. The molecule has 0 spiro atoms. The fraction of sp³-hybridized carbons (Fsp3) is 0.130. The highest BCUT2D eigenvalue weighted by Crippen LogP contribution is 2.31. The van der Waals surface area contributed by atoms with Crippen molar-refractivity contribution in [3.8, 4) is 34.1 Å². The number of benzene rings is 3. The molecule has 0 radical (unpaired) electrons. The molecule has 0 amide bonds. The van der Waals surface area contributed by atoms with E-state index in [9.17, 15) is 0 Å². The SMILES string of the molecule is CC(C)C#Cc1c(-c2ccccc2)cccc1-c1ccccc1. The maximum atomic E-state index is 3.43. The van der Waals surface area contributed by atoms with E-state index in [4.69, 9.17) is 0 Å². The molecular formula is C23H20. The van der Waals surface area contributed by atoms with Gasteiger partial charge in [0.1, 0.15) is 0 Å². The lowest BCUT2D eigenvalue weighted by Crippen LogP contribution is -1.91. The fourth-order valence-corrected chi connectivity index (χ4v) is 2.62. The van der Waals surface area contributed by atoms with E-state index in [1.54, 1.807) is 0 Å². The monoisotopic (exact) mass is 296 g/mol. The third-order valence-corrected chi connectivity index (χ3v) is 3.72. The molecule has 0 aliphatic rings. The van der Waals surface area contributed by atoms with Crippen LogP contribution < -0.4 is 0 Å². The Hall–Kier alpha value is -2.78. The minimum Gasteiger partial charge on any atom is -0.0950 e. The van der Waals surface area contributed by atoms with Gasteiger partial charge in [-0.3, -0.25) is 0 Å². The van der Waals surface area contributed by atoms with Gasteiger partial charge in [0.15, 0.2) is 0 Å². The molecule has 3 rings (SSSR count). The third kappa shape index (κ3) is 3.52. The predicted molar refractivity (Wildman–Crippen MR) is 99.0 cm³/mol. The van der Waals surface area contributed by atoms with E-state index in [2.05, 4.69) is 92.4 Å². The predicted octanol–water partition coefficient (Wildman–Crippen LogP) is 6.03. The van der Waals surface area contributed by atoms with Gasteiger partial charge in [-0.05, 0) is 22.3 Å². The molecule has 3 aromatic carbocycles. The van der Waals surface area contributed by atoms with E-state index in [0.29, 0.717) is 5.92 Å². The molecule has 0 nitrogen and oxygen atoms in total. The molecule has 0 saturated carbocycles. The zero-order chi connectivity index (χ0) is 16.1. The molecular weight excluding hydrogens is 276 g/mol. The molecule has 112 valence electrons. The molecule has 0 aliphatic carbocycles. The Kier molecular flexibility index (Phi) is 4.60. The van der Waals surface area contributed by atoms with Crippen molar-refractivity contribution in [1.29, 1.82) is 0 Å². The molecule has 0 fully saturated rings. The first-order valence-electron chi connectivity index (χ1n) is 8.01. The maximum absolute atomic E-state index is 3.43. The largest absolute Gasteiger partial charge is 0.0950 e. The first-order valence-corrected chi connectivity index (χ1v) is 8.01. The fourth-order valence-electron chi connectivity index (χ4n) is 2.62. The van der Waals surface area contributed by atoms with Crippen LogP contribution in [0.2, 0.25) is 0 Å². The molecule has 0 aliphatic heterocycles. The van der Waals surface area contributed by atoms with Crippen molar-refractivity contribution in [2.24, 2.45) is 5.92 Å². The summed E-state index contributed by atoms with van der Waals surface area (Å²) in [6.45, 7) is 4.25. The standard InChI is InChI=1S/C23H20/c1-18(2)16-17-23-21(19-10-5-3-6-11-19)14-9-15-22(23)20-12-7-4-8-13-20/h3-15,18H,1-2H3. The minimum atomic E-state index is 0.349. The smallest absolute Gasteiger partial charge is 0.0402 e. The number of hydrogen-bond acceptors (Lipinski definition) is 0. The van der Waals surface area contributed by atoms with E-state index in [0.717, 1.165) is 5.56 Å². The Balaban J connectivity index is 2.24. The number of hydrogen-bond donors (Lipinski definition) is 0. The zero-order valence-corrected chi connectivity index (χ0v) is 13.6. The third-order valence-electron chi connectivity index (χ3n) is 3.72. The van der Waals surface area contributed by atoms with Crippen LogP contribution in [0.4, 0.5) is 0 Å². The summed E-state index contributed by atoms with van der Waals surface area (Å²) in [4.78, 5) is 0. The van der Waals surface area contributed by atoms with Crippen LogP contribution in [0.1, 0.15) is 19.4 Å². The molecule has 0 heterocycles. The van der Waals surface area contributed by atoms with Crippen LogP contribution in [0.5, 0.6) is 0 Å². The van der Waals surface area contributed by atoms with Crippen molar-refractivity contribution < 1.29 is 0 Å². The van der Waals surface area contributed by atoms with Gasteiger partial charge in [0.25, 0.3) is 0 Å². The highest BCUT2D eigenvalue weighted by molar-refractivity contribution is 5.82. The summed E-state index contributed by atoms with van der Waals surface area (Å²) >= 11 is 0. The second kappa shape index (κ2) is 6.99. The van der Waals surface area contributed by atoms with Gasteiger partial charge in [0.2, 0.25) is 0 Å². The van der Waals surface area contributed by atoms with Crippen molar-refractivity contribution in [2.75, 3.05) is 0 Å². The van der Waals surface area contributed by atoms with E-state index < -0.39 is 0 Å². The van der Waals surface area contributed by atoms with Gasteiger partial charge in [-0.2, -0.15) is 0 Å². The lowest BCUT2D eigenvalue weighted by molar-refractivity contribution is 0.866. The second-order valence-corrected chi connectivity index (χ2v) is 5.88. The highest BCUT2D eigenvalue weighted by Gasteiger charge is 2.09. The van der Waals surface area contributed by atoms with Crippen molar-refractivity contribution in [1.82, 2.24) is 0 Å². The van der Waals surface area contributed by atoms with Gasteiger partial charge in [-0.15, -0.1) is 0 Å². The quantitative estimate of drug-likeness (QED) is 0.507. The summed E-state index contributed by atoms with van der Waals surface area (Å²) in [5, 5.41) is 0. The van der Waals surface area contributed by atoms with Gasteiger partial charge >= 0.3 is 0 Å². The van der Waals surface area contributed by atoms with Gasteiger partial charge in [-0.1, -0.05) is 105 Å². The number of rotatable bonds is 2. The van der Waals surface area contributed by atoms with Crippen molar-refractivity contribution in [2.45, 2.75) is 13.8 Å². The van der Waals surface area contributed by atoms with Crippen LogP contribution in [-0.2, 0) is 0 Å². The lowest BCUT2D eigenvalue weighted by atomic mass is 9.92. The van der Waals surface area contributed by atoms with Crippen LogP contribution in [0.15, 0.2) is 78.9 Å². The molecule has 0 unspecified atom stereocenters. The minimum absolute atomic E-state index is 0.349. The average molecular weight is 296 g/mol. The molecule has 0 bridgehead atoms. The Morgan fingerprint density at radius 3 is 1.52 bits per heavy atom. The van der Waals surface area contributed by atoms with Crippen molar-refractivity contribution in [3.05, 3.63) is 84.4 Å². The molecule has 0 atom stereocenters. The van der Waals surface area contributed by atoms with Gasteiger partial charge < -0.3 is 0 Å². The molecule has 0 N–H and O–H groups in total. The Bertz CT molecular complexity index is 774. The van der Waals surface area contributed by atoms with Crippen LogP contribution in [0.25, 0.3) is 22.3 Å². The Labute approximate surface area is 138 Å². The molecule has 0 aromatic heterocycles. The first-order chi connectivity index (χ1) is 11.3. The van der Waals surface area contributed by atoms with Gasteiger partial charge in [-0.25, -0.2) is 0 Å². The normalized spacial score (nSPS) is 10.2. The Morgan fingerprint density at radius 2 is 1.09 bits per heavy atom.